The van der Waals surface area contributed by atoms with Crippen LogP contribution in [0.2, 0.25) is 0 Å². The zero-order chi connectivity index (χ0) is 13.7. The fraction of sp³-hybridized carbons (Fsp3) is 0.308. The van der Waals surface area contributed by atoms with E-state index in [0.717, 1.165) is 18.4 Å². The third-order valence-corrected chi connectivity index (χ3v) is 2.91. The molecule has 3 N–H and O–H groups in total. The number of hydrogen-bond donors (Lipinski definition) is 3. The minimum Gasteiger partial charge on any atom is -0.302 e. The molecule has 6 heteroatoms. The van der Waals surface area contributed by atoms with Crippen molar-refractivity contribution in [1.29, 1.82) is 0 Å². The summed E-state index contributed by atoms with van der Waals surface area (Å²) in [5.74, 6) is -0.219. The van der Waals surface area contributed by atoms with Crippen molar-refractivity contribution >= 4 is 29.1 Å². The predicted octanol–water partition coefficient (Wildman–Crippen LogP) is 0.661. The Morgan fingerprint density at radius 1 is 1.16 bits per heavy atom. The molecule has 0 unspecified atom stereocenters. The number of nitrogens with one attached hydrogen (secondary N) is 3. The molecule has 0 heterocycles. The van der Waals surface area contributed by atoms with E-state index < -0.39 is 0 Å². The van der Waals surface area contributed by atoms with Gasteiger partial charge in [0.1, 0.15) is 0 Å². The molecule has 1 aliphatic carbocycles. The van der Waals surface area contributed by atoms with Crippen molar-refractivity contribution in [2.24, 2.45) is 5.92 Å². The van der Waals surface area contributed by atoms with E-state index in [1.165, 1.54) is 0 Å². The third-order valence-electron chi connectivity index (χ3n) is 2.71. The van der Waals surface area contributed by atoms with E-state index in [1.807, 2.05) is 30.3 Å². The van der Waals surface area contributed by atoms with Gasteiger partial charge < -0.3 is 5.32 Å². The average Bonchev–Trinajstić information content (AvgIpc) is 3.22. The molecular weight excluding hydrogens is 262 g/mol. The standard InChI is InChI=1S/C13H15N3O2S/c17-11(8-9-4-2-1-3-5-9)15-16-13(19)14-12(18)10-6-7-10/h1-5,10H,6-8H2,(H,15,17)(H2,14,16,18,19). The molecule has 0 bridgehead atoms. The maximum atomic E-state index is 11.6. The van der Waals surface area contributed by atoms with Crippen LogP contribution in [0.1, 0.15) is 18.4 Å². The molecule has 0 aliphatic heterocycles. The van der Waals surface area contributed by atoms with Gasteiger partial charge in [-0.2, -0.15) is 0 Å². The van der Waals surface area contributed by atoms with E-state index in [1.54, 1.807) is 0 Å². The number of benzene rings is 1. The van der Waals surface area contributed by atoms with Crippen molar-refractivity contribution in [2.75, 3.05) is 0 Å². The Morgan fingerprint density at radius 2 is 1.84 bits per heavy atom. The molecule has 0 saturated heterocycles. The summed E-state index contributed by atoms with van der Waals surface area (Å²) < 4.78 is 0. The van der Waals surface area contributed by atoms with Crippen LogP contribution in [0.3, 0.4) is 0 Å². The second kappa shape index (κ2) is 6.29. The number of carbonyl (C=O) groups is 2. The summed E-state index contributed by atoms with van der Waals surface area (Å²) in [7, 11) is 0. The predicted molar refractivity (Wildman–Crippen MR) is 74.9 cm³/mol. The number of carbonyl (C=O) groups excluding carboxylic acids is 2. The molecule has 5 nitrogen and oxygen atoms in total. The van der Waals surface area contributed by atoms with Gasteiger partial charge in [0.05, 0.1) is 6.42 Å². The van der Waals surface area contributed by atoms with E-state index in [9.17, 15) is 9.59 Å². The monoisotopic (exact) mass is 277 g/mol. The summed E-state index contributed by atoms with van der Waals surface area (Å²) >= 11 is 4.90. The van der Waals surface area contributed by atoms with Crippen molar-refractivity contribution in [3.05, 3.63) is 35.9 Å². The Balaban J connectivity index is 1.68. The van der Waals surface area contributed by atoms with Crippen LogP contribution in [0.4, 0.5) is 0 Å². The molecule has 0 spiro atoms. The molecule has 1 aromatic rings. The molecule has 100 valence electrons. The van der Waals surface area contributed by atoms with Crippen LogP contribution in [-0.4, -0.2) is 16.9 Å². The van der Waals surface area contributed by atoms with Gasteiger partial charge in [-0.05, 0) is 30.6 Å². The summed E-state index contributed by atoms with van der Waals surface area (Å²) in [4.78, 5) is 23.0. The highest BCUT2D eigenvalue weighted by atomic mass is 32.1. The fourth-order valence-corrected chi connectivity index (χ4v) is 1.69. The average molecular weight is 277 g/mol. The lowest BCUT2D eigenvalue weighted by Crippen LogP contribution is -2.49. The lowest BCUT2D eigenvalue weighted by Gasteiger charge is -2.10. The number of rotatable bonds is 3. The summed E-state index contributed by atoms with van der Waals surface area (Å²) in [6.07, 6.45) is 2.08. The van der Waals surface area contributed by atoms with Crippen LogP contribution in [0.15, 0.2) is 30.3 Å². The van der Waals surface area contributed by atoms with Crippen LogP contribution in [0.25, 0.3) is 0 Å². The first-order chi connectivity index (χ1) is 9.15. The molecule has 1 fully saturated rings. The fourth-order valence-electron chi connectivity index (χ4n) is 1.54. The lowest BCUT2D eigenvalue weighted by atomic mass is 10.1. The van der Waals surface area contributed by atoms with Gasteiger partial charge in [0.25, 0.3) is 0 Å². The zero-order valence-electron chi connectivity index (χ0n) is 10.3. The Morgan fingerprint density at radius 3 is 2.47 bits per heavy atom. The molecule has 19 heavy (non-hydrogen) atoms. The van der Waals surface area contributed by atoms with E-state index in [0.29, 0.717) is 0 Å². The molecule has 2 rings (SSSR count). The lowest BCUT2D eigenvalue weighted by molar-refractivity contribution is -0.122. The van der Waals surface area contributed by atoms with Crippen molar-refractivity contribution in [3.8, 4) is 0 Å². The Hall–Kier alpha value is -1.95. The van der Waals surface area contributed by atoms with Crippen molar-refractivity contribution < 1.29 is 9.59 Å². The van der Waals surface area contributed by atoms with Crippen LogP contribution >= 0.6 is 12.2 Å². The van der Waals surface area contributed by atoms with Gasteiger partial charge >= 0.3 is 0 Å². The molecule has 2 amide bonds. The molecule has 0 radical (unpaired) electrons. The second-order valence-electron chi connectivity index (χ2n) is 4.43. The summed E-state index contributed by atoms with van der Waals surface area (Å²) in [6.45, 7) is 0. The summed E-state index contributed by atoms with van der Waals surface area (Å²) in [5.41, 5.74) is 5.88. The number of thiocarbonyl (C=S) groups is 1. The Labute approximate surface area is 116 Å². The first kappa shape index (κ1) is 13.5. The largest absolute Gasteiger partial charge is 0.302 e. The molecule has 1 saturated carbocycles. The second-order valence-corrected chi connectivity index (χ2v) is 4.84. The van der Waals surface area contributed by atoms with Gasteiger partial charge in [-0.25, -0.2) is 0 Å². The molecule has 1 aromatic carbocycles. The van der Waals surface area contributed by atoms with Crippen LogP contribution in [-0.2, 0) is 16.0 Å². The van der Waals surface area contributed by atoms with Crippen molar-refractivity contribution in [3.63, 3.8) is 0 Å². The van der Waals surface area contributed by atoms with E-state index in [2.05, 4.69) is 16.2 Å². The normalized spacial score (nSPS) is 13.5. The molecular formula is C13H15N3O2S. The quantitative estimate of drug-likeness (QED) is 0.561. The van der Waals surface area contributed by atoms with E-state index in [-0.39, 0.29) is 29.3 Å². The minimum absolute atomic E-state index is 0.0831. The number of hydrazine groups is 1. The Bertz CT molecular complexity index is 486. The molecule has 0 atom stereocenters. The third kappa shape index (κ3) is 4.67. The first-order valence-corrected chi connectivity index (χ1v) is 6.49. The highest BCUT2D eigenvalue weighted by Crippen LogP contribution is 2.28. The van der Waals surface area contributed by atoms with Gasteiger partial charge in [0.2, 0.25) is 11.8 Å². The highest BCUT2D eigenvalue weighted by Gasteiger charge is 2.29. The molecule has 1 aliphatic rings. The van der Waals surface area contributed by atoms with Gasteiger partial charge in [-0.1, -0.05) is 30.3 Å². The molecule has 0 aromatic heterocycles. The van der Waals surface area contributed by atoms with Crippen LogP contribution in [0.5, 0.6) is 0 Å². The maximum Gasteiger partial charge on any atom is 0.242 e. The maximum absolute atomic E-state index is 11.6. The van der Waals surface area contributed by atoms with E-state index in [4.69, 9.17) is 12.2 Å². The topological polar surface area (TPSA) is 70.2 Å². The summed E-state index contributed by atoms with van der Waals surface area (Å²) in [6, 6.07) is 9.37. The highest BCUT2D eigenvalue weighted by molar-refractivity contribution is 7.80. The van der Waals surface area contributed by atoms with Gasteiger partial charge in [-0.15, -0.1) is 0 Å². The number of hydrogen-bond acceptors (Lipinski definition) is 3. The van der Waals surface area contributed by atoms with Crippen LogP contribution in [0, 0.1) is 5.92 Å². The number of amides is 2. The van der Waals surface area contributed by atoms with Crippen molar-refractivity contribution in [2.45, 2.75) is 19.3 Å². The first-order valence-electron chi connectivity index (χ1n) is 6.09. The van der Waals surface area contributed by atoms with Gasteiger partial charge in [0, 0.05) is 5.92 Å². The smallest absolute Gasteiger partial charge is 0.242 e. The van der Waals surface area contributed by atoms with Crippen LogP contribution < -0.4 is 16.2 Å². The minimum atomic E-state index is -0.214. The van der Waals surface area contributed by atoms with Gasteiger partial charge in [0.15, 0.2) is 5.11 Å². The van der Waals surface area contributed by atoms with E-state index >= 15 is 0 Å². The Kier molecular flexibility index (Phi) is 4.46. The van der Waals surface area contributed by atoms with Gasteiger partial charge in [-0.3, -0.25) is 20.4 Å². The SMILES string of the molecule is O=C(Cc1ccccc1)NNC(=S)NC(=O)C1CC1. The summed E-state index contributed by atoms with van der Waals surface area (Å²) in [5, 5.41) is 2.65. The zero-order valence-corrected chi connectivity index (χ0v) is 11.1. The van der Waals surface area contributed by atoms with Crippen molar-refractivity contribution in [1.82, 2.24) is 16.2 Å².